The minimum absolute atomic E-state index is 0.0573. The van der Waals surface area contributed by atoms with Gasteiger partial charge in [0.05, 0.1) is 28.8 Å². The summed E-state index contributed by atoms with van der Waals surface area (Å²) >= 11 is 1.39. The summed E-state index contributed by atoms with van der Waals surface area (Å²) in [4.78, 5) is 18.3. The Morgan fingerprint density at radius 1 is 0.938 bits per heavy atom. The van der Waals surface area contributed by atoms with Crippen LogP contribution in [0.3, 0.4) is 0 Å². The standard InChI is InChI=1S/C26H22N2O3S/c1-18(16-30-20-10-3-2-4-11-20)17-31-23-14-8-5-9-19(23)15-24-25(29)28-22-13-7-6-12-21(22)27-26(28)32-24/h2-15,18H,16-17H2,1H3/b24-15-. The predicted octanol–water partition coefficient (Wildman–Crippen LogP) is 4.55. The molecule has 3 aromatic carbocycles. The van der Waals surface area contributed by atoms with Crippen molar-refractivity contribution in [3.8, 4) is 11.5 Å². The van der Waals surface area contributed by atoms with E-state index in [1.165, 1.54) is 11.3 Å². The number of para-hydroxylation sites is 4. The molecular formula is C26H22N2O3S. The second kappa shape index (κ2) is 8.85. The van der Waals surface area contributed by atoms with E-state index in [4.69, 9.17) is 9.47 Å². The van der Waals surface area contributed by atoms with Crippen LogP contribution in [-0.2, 0) is 0 Å². The van der Waals surface area contributed by atoms with E-state index in [2.05, 4.69) is 11.9 Å². The molecule has 32 heavy (non-hydrogen) atoms. The molecule has 2 aromatic heterocycles. The van der Waals surface area contributed by atoms with Gasteiger partial charge in [0.15, 0.2) is 4.96 Å². The number of hydrogen-bond acceptors (Lipinski definition) is 5. The number of imidazole rings is 1. The minimum Gasteiger partial charge on any atom is -0.493 e. The molecular weight excluding hydrogens is 420 g/mol. The average Bonchev–Trinajstić information content (AvgIpc) is 3.34. The van der Waals surface area contributed by atoms with Crippen LogP contribution < -0.4 is 19.6 Å². The molecule has 0 spiro atoms. The summed E-state index contributed by atoms with van der Waals surface area (Å²) in [6, 6.07) is 25.2. The first-order valence-electron chi connectivity index (χ1n) is 10.5. The number of rotatable bonds is 7. The zero-order valence-electron chi connectivity index (χ0n) is 17.6. The highest BCUT2D eigenvalue weighted by Gasteiger charge is 2.12. The molecule has 0 N–H and O–H groups in total. The van der Waals surface area contributed by atoms with Crippen molar-refractivity contribution in [1.82, 2.24) is 9.38 Å². The van der Waals surface area contributed by atoms with E-state index < -0.39 is 0 Å². The molecule has 2 heterocycles. The Morgan fingerprint density at radius 3 is 2.53 bits per heavy atom. The highest BCUT2D eigenvalue weighted by molar-refractivity contribution is 7.15. The topological polar surface area (TPSA) is 52.8 Å². The lowest BCUT2D eigenvalue weighted by atomic mass is 10.2. The fourth-order valence-corrected chi connectivity index (χ4v) is 4.50. The van der Waals surface area contributed by atoms with Crippen molar-refractivity contribution in [2.45, 2.75) is 6.92 Å². The molecule has 0 saturated carbocycles. The molecule has 0 amide bonds. The first-order valence-corrected chi connectivity index (χ1v) is 11.3. The normalized spacial score (nSPS) is 13.0. The molecule has 0 aliphatic rings. The third-order valence-corrected chi connectivity index (χ3v) is 6.12. The molecule has 5 nitrogen and oxygen atoms in total. The van der Waals surface area contributed by atoms with Crippen LogP contribution in [0.15, 0.2) is 83.7 Å². The molecule has 5 aromatic rings. The highest BCUT2D eigenvalue weighted by Crippen LogP contribution is 2.21. The summed E-state index contributed by atoms with van der Waals surface area (Å²) in [5, 5.41) is 0. The minimum atomic E-state index is -0.0573. The van der Waals surface area contributed by atoms with Crippen molar-refractivity contribution >= 4 is 33.4 Å². The van der Waals surface area contributed by atoms with E-state index in [1.54, 1.807) is 4.40 Å². The van der Waals surface area contributed by atoms with Gasteiger partial charge in [0, 0.05) is 11.5 Å². The summed E-state index contributed by atoms with van der Waals surface area (Å²) in [6.07, 6.45) is 1.89. The van der Waals surface area contributed by atoms with Gasteiger partial charge in [-0.25, -0.2) is 9.38 Å². The molecule has 0 bridgehead atoms. The maximum absolute atomic E-state index is 13.0. The van der Waals surface area contributed by atoms with E-state index in [-0.39, 0.29) is 11.5 Å². The molecule has 160 valence electrons. The number of nitrogens with zero attached hydrogens (tertiary/aromatic N) is 2. The van der Waals surface area contributed by atoms with E-state index in [0.29, 0.717) is 22.7 Å². The van der Waals surface area contributed by atoms with Crippen LogP contribution in [-0.4, -0.2) is 22.6 Å². The molecule has 0 aliphatic carbocycles. The lowest BCUT2D eigenvalue weighted by Crippen LogP contribution is -2.22. The molecule has 1 unspecified atom stereocenters. The van der Waals surface area contributed by atoms with Crippen LogP contribution in [0.4, 0.5) is 0 Å². The molecule has 0 fully saturated rings. The Balaban J connectivity index is 1.36. The number of ether oxygens (including phenoxy) is 2. The van der Waals surface area contributed by atoms with Crippen LogP contribution in [0, 0.1) is 5.92 Å². The van der Waals surface area contributed by atoms with Gasteiger partial charge in [-0.15, -0.1) is 0 Å². The first-order chi connectivity index (χ1) is 15.7. The van der Waals surface area contributed by atoms with Crippen molar-refractivity contribution in [2.24, 2.45) is 5.92 Å². The van der Waals surface area contributed by atoms with E-state index in [0.717, 1.165) is 28.1 Å². The number of hydrogen-bond donors (Lipinski definition) is 0. The fraction of sp³-hybridized carbons (Fsp3) is 0.154. The van der Waals surface area contributed by atoms with Crippen LogP contribution in [0.5, 0.6) is 11.5 Å². The van der Waals surface area contributed by atoms with Gasteiger partial charge < -0.3 is 9.47 Å². The van der Waals surface area contributed by atoms with Gasteiger partial charge in [-0.1, -0.05) is 66.8 Å². The second-order valence-electron chi connectivity index (χ2n) is 7.71. The lowest BCUT2D eigenvalue weighted by Gasteiger charge is -2.15. The monoisotopic (exact) mass is 442 g/mol. The number of thiazole rings is 1. The Morgan fingerprint density at radius 2 is 1.66 bits per heavy atom. The highest BCUT2D eigenvalue weighted by atomic mass is 32.1. The van der Waals surface area contributed by atoms with Crippen molar-refractivity contribution in [1.29, 1.82) is 0 Å². The zero-order valence-corrected chi connectivity index (χ0v) is 18.4. The SMILES string of the molecule is CC(COc1ccccc1)COc1ccccc1/C=c1\sc2nc3ccccc3n2c1=O. The maximum atomic E-state index is 13.0. The molecule has 5 rings (SSSR count). The summed E-state index contributed by atoms with van der Waals surface area (Å²) < 4.78 is 14.2. The maximum Gasteiger partial charge on any atom is 0.274 e. The van der Waals surface area contributed by atoms with E-state index in [9.17, 15) is 4.79 Å². The van der Waals surface area contributed by atoms with Crippen LogP contribution in [0.2, 0.25) is 0 Å². The number of benzene rings is 3. The third-order valence-electron chi connectivity index (χ3n) is 5.15. The quantitative estimate of drug-likeness (QED) is 0.371. The van der Waals surface area contributed by atoms with Gasteiger partial charge in [-0.3, -0.25) is 4.79 Å². The lowest BCUT2D eigenvalue weighted by molar-refractivity contribution is 0.188. The van der Waals surface area contributed by atoms with Crippen molar-refractivity contribution in [3.63, 3.8) is 0 Å². The van der Waals surface area contributed by atoms with Gasteiger partial charge in [0.1, 0.15) is 11.5 Å². The average molecular weight is 443 g/mol. The first kappa shape index (κ1) is 20.3. The number of fused-ring (bicyclic) bond motifs is 3. The smallest absolute Gasteiger partial charge is 0.274 e. The zero-order chi connectivity index (χ0) is 21.9. The Hall–Kier alpha value is -3.64. The van der Waals surface area contributed by atoms with Gasteiger partial charge in [-0.2, -0.15) is 0 Å². The molecule has 1 atom stereocenters. The van der Waals surface area contributed by atoms with Crippen molar-refractivity contribution < 1.29 is 9.47 Å². The molecule has 0 saturated heterocycles. The fourth-order valence-electron chi connectivity index (χ4n) is 3.52. The Kier molecular flexibility index (Phi) is 5.60. The summed E-state index contributed by atoms with van der Waals surface area (Å²) in [5.74, 6) is 1.80. The Labute approximate surface area is 189 Å². The van der Waals surface area contributed by atoms with Gasteiger partial charge in [-0.05, 0) is 36.4 Å². The molecule has 0 aliphatic heterocycles. The second-order valence-corrected chi connectivity index (χ2v) is 8.72. The van der Waals surface area contributed by atoms with E-state index >= 15 is 0 Å². The molecule has 6 heteroatoms. The van der Waals surface area contributed by atoms with Gasteiger partial charge >= 0.3 is 0 Å². The van der Waals surface area contributed by atoms with Crippen LogP contribution >= 0.6 is 11.3 Å². The predicted molar refractivity (Wildman–Crippen MR) is 129 cm³/mol. The van der Waals surface area contributed by atoms with E-state index in [1.807, 2.05) is 84.9 Å². The third kappa shape index (κ3) is 4.09. The number of aromatic nitrogens is 2. The molecule has 0 radical (unpaired) electrons. The summed E-state index contributed by atoms with van der Waals surface area (Å²) in [7, 11) is 0. The van der Waals surface area contributed by atoms with Crippen LogP contribution in [0.1, 0.15) is 12.5 Å². The van der Waals surface area contributed by atoms with Crippen molar-refractivity contribution in [2.75, 3.05) is 13.2 Å². The summed E-state index contributed by atoms with van der Waals surface area (Å²) in [5.41, 5.74) is 2.48. The Bertz CT molecular complexity index is 1470. The largest absolute Gasteiger partial charge is 0.493 e. The van der Waals surface area contributed by atoms with Crippen molar-refractivity contribution in [3.05, 3.63) is 99.3 Å². The summed E-state index contributed by atoms with van der Waals surface area (Å²) in [6.45, 7) is 3.17. The van der Waals surface area contributed by atoms with Gasteiger partial charge in [0.25, 0.3) is 5.56 Å². The van der Waals surface area contributed by atoms with Gasteiger partial charge in [0.2, 0.25) is 0 Å². The van der Waals surface area contributed by atoms with Crippen LogP contribution in [0.25, 0.3) is 22.1 Å².